The van der Waals surface area contributed by atoms with Crippen molar-refractivity contribution in [1.29, 1.82) is 0 Å². The topological polar surface area (TPSA) is 218 Å². The third-order valence-electron chi connectivity index (χ3n) is 5.50. The molecular weight excluding hydrogens is 530 g/mol. The Morgan fingerprint density at radius 2 is 2.14 bits per heavy atom. The normalized spacial score (nSPS) is 19.2. The zero-order valence-corrected chi connectivity index (χ0v) is 21.1. The van der Waals surface area contributed by atoms with Gasteiger partial charge in [-0.1, -0.05) is 5.16 Å². The Labute approximate surface area is 216 Å². The molecule has 2 amide bonds. The van der Waals surface area contributed by atoms with Crippen LogP contribution < -0.4 is 21.0 Å². The van der Waals surface area contributed by atoms with Crippen LogP contribution in [0.4, 0.5) is 10.9 Å². The number of fused-ring (bicyclic) bond motifs is 1. The number of amides is 2. The molecule has 37 heavy (non-hydrogen) atoms. The molecule has 1 fully saturated rings. The molecule has 0 radical (unpaired) electrons. The summed E-state index contributed by atoms with van der Waals surface area (Å²) in [5.74, 6) is -2.93. The van der Waals surface area contributed by atoms with E-state index in [1.807, 2.05) is 0 Å². The van der Waals surface area contributed by atoms with Gasteiger partial charge >= 0.3 is 11.9 Å². The largest absolute Gasteiger partial charge is 0.480 e. The van der Waals surface area contributed by atoms with Crippen molar-refractivity contribution in [2.45, 2.75) is 18.0 Å². The number of nitrogens with two attached hydrogens (primary N) is 1. The van der Waals surface area contributed by atoms with E-state index in [4.69, 9.17) is 15.7 Å². The highest BCUT2D eigenvalue weighted by Crippen LogP contribution is 2.40. The van der Waals surface area contributed by atoms with E-state index in [9.17, 15) is 24.3 Å². The molecule has 6 N–H and O–H groups in total. The number of rotatable bonds is 10. The van der Waals surface area contributed by atoms with E-state index < -0.39 is 35.2 Å². The van der Waals surface area contributed by atoms with E-state index >= 15 is 0 Å². The van der Waals surface area contributed by atoms with Crippen LogP contribution in [-0.2, 0) is 37.6 Å². The van der Waals surface area contributed by atoms with Crippen molar-refractivity contribution in [3.8, 4) is 0 Å². The predicted molar refractivity (Wildman–Crippen MR) is 129 cm³/mol. The fourth-order valence-electron chi connectivity index (χ4n) is 3.82. The number of thioether (sulfide) groups is 1. The number of β-lactam (4-membered cyclic amide) rings is 1. The molecule has 2 aromatic rings. The fourth-order valence-corrected chi connectivity index (χ4v) is 5.59. The van der Waals surface area contributed by atoms with E-state index in [0.717, 1.165) is 16.4 Å². The minimum absolute atomic E-state index is 0.0630. The Morgan fingerprint density at radius 3 is 2.76 bits per heavy atom. The summed E-state index contributed by atoms with van der Waals surface area (Å²) in [5.41, 5.74) is 5.62. The van der Waals surface area contributed by atoms with Crippen molar-refractivity contribution in [2.75, 3.05) is 30.5 Å². The minimum Gasteiger partial charge on any atom is -0.480 e. The van der Waals surface area contributed by atoms with Crippen molar-refractivity contribution in [3.63, 3.8) is 0 Å². The third kappa shape index (κ3) is 5.05. The number of hydrogen-bond donors (Lipinski definition) is 5. The van der Waals surface area contributed by atoms with Crippen molar-refractivity contribution >= 4 is 63.7 Å². The second-order valence-electron chi connectivity index (χ2n) is 7.77. The van der Waals surface area contributed by atoms with Crippen molar-refractivity contribution in [1.82, 2.24) is 24.3 Å². The number of carboxylic acids is 2. The molecule has 196 valence electrons. The number of oxime groups is 1. The van der Waals surface area contributed by atoms with Gasteiger partial charge in [0.05, 0.1) is 13.1 Å². The first kappa shape index (κ1) is 25.9. The molecule has 16 nitrogen and oxygen atoms in total. The number of nitrogens with zero attached hydrogens (tertiary/aromatic N) is 6. The highest BCUT2D eigenvalue weighted by Gasteiger charge is 2.55. The number of aromatic nitrogens is 4. The molecule has 0 bridgehead atoms. The van der Waals surface area contributed by atoms with Crippen LogP contribution >= 0.6 is 23.3 Å². The Kier molecular flexibility index (Phi) is 7.30. The van der Waals surface area contributed by atoms with Gasteiger partial charge in [-0.2, -0.15) is 9.36 Å². The fraction of sp³-hybridized carbons (Fsp3) is 0.368. The summed E-state index contributed by atoms with van der Waals surface area (Å²) >= 11 is 2.16. The van der Waals surface area contributed by atoms with Crippen LogP contribution in [0.3, 0.4) is 0 Å². The molecule has 0 unspecified atom stereocenters. The molecule has 0 aliphatic carbocycles. The molecule has 1 saturated heterocycles. The minimum atomic E-state index is -1.28. The first-order valence-electron chi connectivity index (χ1n) is 10.5. The summed E-state index contributed by atoms with van der Waals surface area (Å²) in [5, 5.41) is 27.2. The quantitative estimate of drug-likeness (QED) is 0.0938. The highest BCUT2D eigenvalue weighted by atomic mass is 32.2. The lowest BCUT2D eigenvalue weighted by Crippen LogP contribution is -2.71. The van der Waals surface area contributed by atoms with Gasteiger partial charge in [0.2, 0.25) is 11.5 Å². The van der Waals surface area contributed by atoms with E-state index in [2.05, 4.69) is 25.1 Å². The lowest BCUT2D eigenvalue weighted by atomic mass is 10.0. The Morgan fingerprint density at radius 1 is 1.38 bits per heavy atom. The standard InChI is InChI=1S/C19H21N9O7S2/c1-26-9(21-5-10(29)30)3-4-27(26)6-8-7-36-17-12(16(32)28(17)13(8)18(33)34)22-15(31)11(24-35-2)14-23-19(20)37-25-14/h3-4,12,17H,5-7H2,1-2H3,(H5,20,22,23,25,29,30,31,33,34)/p+1/t12-,17-/m1/s1. The van der Waals surface area contributed by atoms with E-state index in [1.165, 1.54) is 18.9 Å². The average molecular weight is 553 g/mol. The van der Waals surface area contributed by atoms with E-state index in [0.29, 0.717) is 11.4 Å². The van der Waals surface area contributed by atoms with Gasteiger partial charge in [-0.05, 0) is 0 Å². The maximum absolute atomic E-state index is 13.0. The molecular formula is C19H22N9O7S2+. The summed E-state index contributed by atoms with van der Waals surface area (Å²) in [6.45, 7) is -0.133. The van der Waals surface area contributed by atoms with Crippen molar-refractivity contribution in [3.05, 3.63) is 29.4 Å². The molecule has 0 aromatic carbocycles. The van der Waals surface area contributed by atoms with Gasteiger partial charge in [-0.15, -0.1) is 21.1 Å². The monoisotopic (exact) mass is 552 g/mol. The smallest absolute Gasteiger partial charge is 0.352 e. The maximum atomic E-state index is 13.0. The highest BCUT2D eigenvalue weighted by molar-refractivity contribution is 8.00. The summed E-state index contributed by atoms with van der Waals surface area (Å²) in [4.78, 5) is 58.6. The molecule has 0 saturated carbocycles. The van der Waals surface area contributed by atoms with Gasteiger partial charge in [0.15, 0.2) is 23.7 Å². The Hall–Kier alpha value is -4.19. The summed E-state index contributed by atoms with van der Waals surface area (Å²) in [6.07, 6.45) is 1.67. The van der Waals surface area contributed by atoms with Crippen LogP contribution in [0.25, 0.3) is 0 Å². The molecule has 0 spiro atoms. The molecule has 4 rings (SSSR count). The van der Waals surface area contributed by atoms with Gasteiger partial charge in [-0.25, -0.2) is 4.79 Å². The zero-order valence-electron chi connectivity index (χ0n) is 19.4. The van der Waals surface area contributed by atoms with Gasteiger partial charge in [-0.3, -0.25) is 19.3 Å². The molecule has 2 atom stereocenters. The van der Waals surface area contributed by atoms with Crippen LogP contribution in [0.2, 0.25) is 0 Å². The lowest BCUT2D eigenvalue weighted by Gasteiger charge is -2.49. The SMILES string of the molecule is CON=C(C(=O)N[C@@H]1C(=O)N2C(C(=O)O)=C(C[n+]3ccc(NCC(=O)O)n3C)CS[C@H]12)c1nsc(N)n1. The number of carbonyl (C=O) groups excluding carboxylic acids is 2. The molecule has 4 heterocycles. The summed E-state index contributed by atoms with van der Waals surface area (Å²) < 4.78 is 7.26. The predicted octanol–water partition coefficient (Wildman–Crippen LogP) is -1.97. The third-order valence-corrected chi connectivity index (χ3v) is 7.38. The number of nitrogens with one attached hydrogen (secondary N) is 2. The number of nitrogen functional groups attached to an aromatic ring is 1. The molecule has 2 aliphatic heterocycles. The second kappa shape index (κ2) is 10.4. The summed E-state index contributed by atoms with van der Waals surface area (Å²) in [6, 6.07) is 0.661. The van der Waals surface area contributed by atoms with Crippen molar-refractivity contribution < 1.29 is 38.9 Å². The van der Waals surface area contributed by atoms with E-state index in [-0.39, 0.29) is 41.2 Å². The Balaban J connectivity index is 1.51. The van der Waals surface area contributed by atoms with Crippen LogP contribution in [0.5, 0.6) is 0 Å². The number of carboxylic acid groups (broad SMARTS) is 2. The van der Waals surface area contributed by atoms with Gasteiger partial charge in [0.1, 0.15) is 30.8 Å². The van der Waals surface area contributed by atoms with Crippen LogP contribution in [0.15, 0.2) is 28.7 Å². The summed E-state index contributed by atoms with van der Waals surface area (Å²) in [7, 11) is 2.92. The molecule has 2 aliphatic rings. The Bertz CT molecular complexity index is 1330. The first-order chi connectivity index (χ1) is 17.6. The lowest BCUT2D eigenvalue weighted by molar-refractivity contribution is -0.765. The number of hydrogen-bond acceptors (Lipinski definition) is 12. The molecule has 2 aromatic heterocycles. The number of carbonyl (C=O) groups is 4. The van der Waals surface area contributed by atoms with Gasteiger partial charge in [0.25, 0.3) is 11.8 Å². The number of aliphatic carboxylic acids is 2. The second-order valence-corrected chi connectivity index (χ2v) is 9.65. The number of anilines is 2. The average Bonchev–Trinajstić information content (AvgIpc) is 3.44. The molecule has 18 heteroatoms. The maximum Gasteiger partial charge on any atom is 0.352 e. The van der Waals surface area contributed by atoms with Crippen LogP contribution in [0.1, 0.15) is 5.82 Å². The zero-order chi connectivity index (χ0) is 26.9. The van der Waals surface area contributed by atoms with E-state index in [1.54, 1.807) is 28.7 Å². The first-order valence-corrected chi connectivity index (χ1v) is 12.4. The van der Waals surface area contributed by atoms with Gasteiger partial charge in [0, 0.05) is 22.9 Å². The van der Waals surface area contributed by atoms with Crippen molar-refractivity contribution in [2.24, 2.45) is 12.2 Å². The van der Waals surface area contributed by atoms with Crippen LogP contribution in [-0.4, -0.2) is 89.4 Å². The van der Waals surface area contributed by atoms with Crippen LogP contribution in [0, 0.1) is 0 Å². The van der Waals surface area contributed by atoms with Gasteiger partial charge < -0.3 is 31.4 Å².